The first-order valence-corrected chi connectivity index (χ1v) is 7.16. The van der Waals surface area contributed by atoms with E-state index in [2.05, 4.69) is 15.5 Å². The Balaban J connectivity index is 2.09. The normalized spacial score (nSPS) is 20.1. The van der Waals surface area contributed by atoms with Gasteiger partial charge >= 0.3 is 5.97 Å². The van der Waals surface area contributed by atoms with Crippen LogP contribution in [0, 0.1) is 13.8 Å². The van der Waals surface area contributed by atoms with Gasteiger partial charge in [-0.3, -0.25) is 10.4 Å². The average Bonchev–Trinajstić information content (AvgIpc) is 3.03. The lowest BCUT2D eigenvalue weighted by Crippen LogP contribution is -2.36. The van der Waals surface area contributed by atoms with Crippen LogP contribution in [0.4, 0.5) is 0 Å². The molecule has 1 aromatic heterocycles. The maximum atomic E-state index is 12.2. The van der Waals surface area contributed by atoms with Crippen LogP contribution in [0.1, 0.15) is 42.8 Å². The van der Waals surface area contributed by atoms with Crippen molar-refractivity contribution in [2.24, 2.45) is 0 Å². The number of aryl methyl sites for hydroxylation is 2. The summed E-state index contributed by atoms with van der Waals surface area (Å²) in [5.41, 5.74) is 2.59. The number of aromatic nitrogens is 2. The van der Waals surface area contributed by atoms with Crippen LogP contribution in [-0.2, 0) is 14.3 Å². The Hall–Kier alpha value is -1.40. The van der Waals surface area contributed by atoms with E-state index in [4.69, 9.17) is 9.47 Å². The van der Waals surface area contributed by atoms with Crippen LogP contribution < -0.4 is 5.32 Å². The van der Waals surface area contributed by atoms with E-state index in [1.165, 1.54) is 0 Å². The van der Waals surface area contributed by atoms with Crippen LogP contribution in [0.2, 0.25) is 0 Å². The molecule has 0 aromatic carbocycles. The number of ether oxygens (including phenoxy) is 2. The summed E-state index contributed by atoms with van der Waals surface area (Å²) in [4.78, 5) is 12.2. The number of hydrogen-bond donors (Lipinski definition) is 2. The maximum absolute atomic E-state index is 12.2. The fourth-order valence-electron chi connectivity index (χ4n) is 2.57. The molecular weight excluding hydrogens is 258 g/mol. The van der Waals surface area contributed by atoms with E-state index in [0.717, 1.165) is 36.4 Å². The number of nitrogens with zero attached hydrogens (tertiary/aromatic N) is 1. The minimum absolute atomic E-state index is 0.180. The summed E-state index contributed by atoms with van der Waals surface area (Å²) < 4.78 is 10.8. The molecular formula is C14H23N3O3. The van der Waals surface area contributed by atoms with Crippen LogP contribution in [0.15, 0.2) is 0 Å². The van der Waals surface area contributed by atoms with Gasteiger partial charge in [0, 0.05) is 24.4 Å². The summed E-state index contributed by atoms with van der Waals surface area (Å²) in [6.07, 6.45) is 2.30. The van der Waals surface area contributed by atoms with E-state index in [1.54, 1.807) is 0 Å². The molecule has 2 heterocycles. The van der Waals surface area contributed by atoms with Gasteiger partial charge in [-0.25, -0.2) is 4.79 Å². The second kappa shape index (κ2) is 6.85. The van der Waals surface area contributed by atoms with Crippen molar-refractivity contribution < 1.29 is 14.3 Å². The average molecular weight is 281 g/mol. The summed E-state index contributed by atoms with van der Waals surface area (Å²) in [7, 11) is 0. The van der Waals surface area contributed by atoms with E-state index < -0.39 is 6.04 Å². The van der Waals surface area contributed by atoms with E-state index in [0.29, 0.717) is 13.2 Å². The molecule has 1 aliphatic rings. The highest BCUT2D eigenvalue weighted by molar-refractivity contribution is 5.78. The van der Waals surface area contributed by atoms with Crippen LogP contribution >= 0.6 is 0 Å². The maximum Gasteiger partial charge on any atom is 0.327 e. The fourth-order valence-corrected chi connectivity index (χ4v) is 2.57. The Morgan fingerprint density at radius 3 is 2.95 bits per heavy atom. The van der Waals surface area contributed by atoms with Crippen molar-refractivity contribution in [3.63, 3.8) is 0 Å². The quantitative estimate of drug-likeness (QED) is 0.771. The van der Waals surface area contributed by atoms with Gasteiger partial charge in [0.1, 0.15) is 6.04 Å². The molecule has 20 heavy (non-hydrogen) atoms. The van der Waals surface area contributed by atoms with Crippen LogP contribution in [0.25, 0.3) is 0 Å². The summed E-state index contributed by atoms with van der Waals surface area (Å²) in [5.74, 6) is -0.266. The summed E-state index contributed by atoms with van der Waals surface area (Å²) in [5, 5.41) is 10.3. The molecule has 2 rings (SSSR count). The van der Waals surface area contributed by atoms with E-state index in [9.17, 15) is 4.79 Å². The smallest absolute Gasteiger partial charge is 0.327 e. The minimum Gasteiger partial charge on any atom is -0.465 e. The van der Waals surface area contributed by atoms with Gasteiger partial charge in [0.05, 0.1) is 18.4 Å². The van der Waals surface area contributed by atoms with Crippen molar-refractivity contribution in [2.45, 2.75) is 45.8 Å². The third-order valence-electron chi connectivity index (χ3n) is 3.57. The van der Waals surface area contributed by atoms with Gasteiger partial charge in [0.2, 0.25) is 0 Å². The fraction of sp³-hybridized carbons (Fsp3) is 0.714. The third kappa shape index (κ3) is 3.37. The number of carbonyl (C=O) groups is 1. The Labute approximate surface area is 119 Å². The number of carbonyl (C=O) groups excluding carboxylic acids is 1. The molecule has 1 fully saturated rings. The minimum atomic E-state index is -0.488. The molecule has 112 valence electrons. The van der Waals surface area contributed by atoms with Crippen molar-refractivity contribution in [2.75, 3.05) is 19.8 Å². The van der Waals surface area contributed by atoms with Gasteiger partial charge in [-0.2, -0.15) is 5.10 Å². The van der Waals surface area contributed by atoms with Gasteiger partial charge < -0.3 is 9.47 Å². The van der Waals surface area contributed by atoms with Crippen molar-refractivity contribution >= 4 is 5.97 Å². The van der Waals surface area contributed by atoms with Gasteiger partial charge in [0.15, 0.2) is 0 Å². The zero-order valence-electron chi connectivity index (χ0n) is 12.4. The number of aromatic amines is 1. The van der Waals surface area contributed by atoms with Crippen LogP contribution in [0.5, 0.6) is 0 Å². The zero-order valence-corrected chi connectivity index (χ0v) is 12.4. The summed E-state index contributed by atoms with van der Waals surface area (Å²) in [6.45, 7) is 7.43. The molecule has 1 saturated heterocycles. The first-order valence-electron chi connectivity index (χ1n) is 7.16. The molecule has 0 amide bonds. The predicted octanol–water partition coefficient (Wildman–Crippen LogP) is 1.40. The zero-order chi connectivity index (χ0) is 14.5. The van der Waals surface area contributed by atoms with Gasteiger partial charge in [0.25, 0.3) is 0 Å². The monoisotopic (exact) mass is 281 g/mol. The highest BCUT2D eigenvalue weighted by Crippen LogP contribution is 2.22. The first kappa shape index (κ1) is 15.0. The number of H-pyrrole nitrogens is 1. The molecule has 1 aromatic rings. The lowest BCUT2D eigenvalue weighted by Gasteiger charge is -2.20. The first-order chi connectivity index (χ1) is 9.63. The third-order valence-corrected chi connectivity index (χ3v) is 3.57. The highest BCUT2D eigenvalue weighted by Gasteiger charge is 2.28. The second-order valence-corrected chi connectivity index (χ2v) is 5.08. The summed E-state index contributed by atoms with van der Waals surface area (Å²) >= 11 is 0. The Bertz CT molecular complexity index is 433. The Morgan fingerprint density at radius 2 is 2.40 bits per heavy atom. The SMILES string of the molecule is CCOC(=O)C(NCC1CCCO1)c1c(C)n[nH]c1C. The van der Waals surface area contributed by atoms with E-state index in [-0.39, 0.29) is 12.1 Å². The number of nitrogens with one attached hydrogen (secondary N) is 2. The molecule has 2 unspecified atom stereocenters. The molecule has 2 N–H and O–H groups in total. The topological polar surface area (TPSA) is 76.2 Å². The molecule has 6 nitrogen and oxygen atoms in total. The summed E-state index contributed by atoms with van der Waals surface area (Å²) in [6, 6.07) is -0.488. The molecule has 0 spiro atoms. The van der Waals surface area contributed by atoms with Crippen molar-refractivity contribution in [3.05, 3.63) is 17.0 Å². The standard InChI is InChI=1S/C14H23N3O3/c1-4-19-14(18)13(12-9(2)16-17-10(12)3)15-8-11-6-5-7-20-11/h11,13,15H,4-8H2,1-3H3,(H,16,17). The van der Waals surface area contributed by atoms with Crippen molar-refractivity contribution in [3.8, 4) is 0 Å². The lowest BCUT2D eigenvalue weighted by atomic mass is 10.0. The van der Waals surface area contributed by atoms with Crippen molar-refractivity contribution in [1.82, 2.24) is 15.5 Å². The molecule has 0 saturated carbocycles. The van der Waals surface area contributed by atoms with E-state index in [1.807, 2.05) is 20.8 Å². The molecule has 0 radical (unpaired) electrons. The number of rotatable bonds is 6. The van der Waals surface area contributed by atoms with Gasteiger partial charge in [-0.15, -0.1) is 0 Å². The van der Waals surface area contributed by atoms with Crippen LogP contribution in [0.3, 0.4) is 0 Å². The second-order valence-electron chi connectivity index (χ2n) is 5.08. The highest BCUT2D eigenvalue weighted by atomic mass is 16.5. The molecule has 1 aliphatic heterocycles. The van der Waals surface area contributed by atoms with Gasteiger partial charge in [-0.1, -0.05) is 0 Å². The predicted molar refractivity (Wildman–Crippen MR) is 74.4 cm³/mol. The Kier molecular flexibility index (Phi) is 5.14. The van der Waals surface area contributed by atoms with Gasteiger partial charge in [-0.05, 0) is 33.6 Å². The number of hydrogen-bond acceptors (Lipinski definition) is 5. The molecule has 0 bridgehead atoms. The molecule has 2 atom stereocenters. The molecule has 0 aliphatic carbocycles. The van der Waals surface area contributed by atoms with Crippen molar-refractivity contribution in [1.29, 1.82) is 0 Å². The lowest BCUT2D eigenvalue weighted by molar-refractivity contribution is -0.146. The largest absolute Gasteiger partial charge is 0.465 e. The van der Waals surface area contributed by atoms with Crippen LogP contribution in [-0.4, -0.2) is 42.0 Å². The van der Waals surface area contributed by atoms with E-state index >= 15 is 0 Å². The number of esters is 1. The molecule has 6 heteroatoms. The Morgan fingerprint density at radius 1 is 1.60 bits per heavy atom.